The third-order valence-corrected chi connectivity index (χ3v) is 4.13. The minimum Gasteiger partial charge on any atom is -0.478 e. The molecule has 21 heavy (non-hydrogen) atoms. The van der Waals surface area contributed by atoms with Gasteiger partial charge >= 0.3 is 5.97 Å². The zero-order valence-corrected chi connectivity index (χ0v) is 11.9. The van der Waals surface area contributed by atoms with Crippen molar-refractivity contribution in [3.8, 4) is 0 Å². The van der Waals surface area contributed by atoms with E-state index in [1.54, 1.807) is 12.1 Å². The van der Waals surface area contributed by atoms with Crippen molar-refractivity contribution in [3.05, 3.63) is 35.9 Å². The van der Waals surface area contributed by atoms with Gasteiger partial charge in [-0.1, -0.05) is 13.0 Å². The number of fused-ring (bicyclic) bond motifs is 1. The van der Waals surface area contributed by atoms with Gasteiger partial charge in [0.2, 0.25) is 0 Å². The second kappa shape index (κ2) is 5.33. The fraction of sp³-hybridized carbons (Fsp3) is 0.375. The van der Waals surface area contributed by atoms with E-state index in [-0.39, 0.29) is 17.6 Å². The molecule has 0 amide bonds. The minimum atomic E-state index is -0.940. The Bertz CT molecular complexity index is 686. The summed E-state index contributed by atoms with van der Waals surface area (Å²) in [5.74, 6) is 0.107. The van der Waals surface area contributed by atoms with Crippen molar-refractivity contribution in [3.63, 3.8) is 0 Å². The van der Waals surface area contributed by atoms with Gasteiger partial charge in [0.1, 0.15) is 5.82 Å². The number of aliphatic hydroxyl groups excluding tert-OH is 1. The predicted molar refractivity (Wildman–Crippen MR) is 80.7 cm³/mol. The molecule has 1 aromatic heterocycles. The second-order valence-corrected chi connectivity index (χ2v) is 5.63. The van der Waals surface area contributed by atoms with Crippen LogP contribution in [-0.4, -0.2) is 40.4 Å². The molecular formula is C16H18N2O3. The van der Waals surface area contributed by atoms with E-state index in [9.17, 15) is 15.0 Å². The molecule has 0 bridgehead atoms. The van der Waals surface area contributed by atoms with Crippen LogP contribution in [0.15, 0.2) is 30.3 Å². The molecule has 2 aromatic rings. The van der Waals surface area contributed by atoms with Crippen molar-refractivity contribution in [1.29, 1.82) is 0 Å². The zero-order chi connectivity index (χ0) is 15.0. The zero-order valence-electron chi connectivity index (χ0n) is 11.9. The summed E-state index contributed by atoms with van der Waals surface area (Å²) < 4.78 is 0. The van der Waals surface area contributed by atoms with Gasteiger partial charge in [-0.05, 0) is 36.6 Å². The monoisotopic (exact) mass is 286 g/mol. The first-order valence-corrected chi connectivity index (χ1v) is 7.12. The number of aromatic nitrogens is 1. The number of pyridine rings is 1. The van der Waals surface area contributed by atoms with E-state index in [0.717, 1.165) is 25.3 Å². The van der Waals surface area contributed by atoms with Gasteiger partial charge in [-0.25, -0.2) is 9.78 Å². The molecule has 1 fully saturated rings. The summed E-state index contributed by atoms with van der Waals surface area (Å²) in [6.07, 6.45) is 0.482. The number of aliphatic hydroxyl groups is 1. The molecule has 5 heteroatoms. The molecule has 5 nitrogen and oxygen atoms in total. The molecule has 1 aliphatic rings. The summed E-state index contributed by atoms with van der Waals surface area (Å²) in [5.41, 5.74) is 0.958. The first-order chi connectivity index (χ1) is 10.1. The van der Waals surface area contributed by atoms with Gasteiger partial charge in [0, 0.05) is 18.5 Å². The molecule has 0 radical (unpaired) electrons. The average Bonchev–Trinajstić information content (AvgIpc) is 2.48. The van der Waals surface area contributed by atoms with Crippen LogP contribution >= 0.6 is 0 Å². The fourth-order valence-corrected chi connectivity index (χ4v) is 2.85. The molecule has 2 heterocycles. The summed E-state index contributed by atoms with van der Waals surface area (Å²) in [7, 11) is 0. The molecule has 1 aliphatic heterocycles. The van der Waals surface area contributed by atoms with Crippen LogP contribution in [0.3, 0.4) is 0 Å². The summed E-state index contributed by atoms with van der Waals surface area (Å²) in [6, 6.07) is 8.81. The van der Waals surface area contributed by atoms with E-state index < -0.39 is 5.97 Å². The number of anilines is 1. The highest BCUT2D eigenvalue weighted by Gasteiger charge is 2.25. The van der Waals surface area contributed by atoms with E-state index in [0.29, 0.717) is 10.9 Å². The Labute approximate surface area is 122 Å². The number of benzene rings is 1. The van der Waals surface area contributed by atoms with Crippen LogP contribution in [0.25, 0.3) is 10.9 Å². The lowest BCUT2D eigenvalue weighted by atomic mass is 9.97. The molecule has 0 aliphatic carbocycles. The van der Waals surface area contributed by atoms with Crippen molar-refractivity contribution in [2.45, 2.75) is 19.4 Å². The molecule has 2 unspecified atom stereocenters. The molecule has 110 valence electrons. The van der Waals surface area contributed by atoms with E-state index in [2.05, 4.69) is 9.88 Å². The Morgan fingerprint density at radius 1 is 1.33 bits per heavy atom. The third-order valence-electron chi connectivity index (χ3n) is 4.13. The molecule has 1 saturated heterocycles. The van der Waals surface area contributed by atoms with E-state index in [1.165, 1.54) is 0 Å². The lowest BCUT2D eigenvalue weighted by Crippen LogP contribution is -2.42. The van der Waals surface area contributed by atoms with Crippen molar-refractivity contribution in [2.24, 2.45) is 5.92 Å². The smallest absolute Gasteiger partial charge is 0.336 e. The molecular weight excluding hydrogens is 268 g/mol. The van der Waals surface area contributed by atoms with Crippen molar-refractivity contribution < 1.29 is 15.0 Å². The first-order valence-electron chi connectivity index (χ1n) is 7.12. The number of aromatic carboxylic acids is 1. The van der Waals surface area contributed by atoms with Crippen LogP contribution in [-0.2, 0) is 0 Å². The highest BCUT2D eigenvalue weighted by atomic mass is 16.4. The van der Waals surface area contributed by atoms with Crippen LogP contribution in [0.2, 0.25) is 0 Å². The topological polar surface area (TPSA) is 73.7 Å². The maximum absolute atomic E-state index is 11.2. The fourth-order valence-electron chi connectivity index (χ4n) is 2.85. The number of carboxylic acid groups (broad SMARTS) is 1. The molecule has 1 aromatic carbocycles. The Morgan fingerprint density at radius 3 is 2.86 bits per heavy atom. The summed E-state index contributed by atoms with van der Waals surface area (Å²) in [6.45, 7) is 3.56. The quantitative estimate of drug-likeness (QED) is 0.885. The number of hydrogen-bond donors (Lipinski definition) is 2. The van der Waals surface area contributed by atoms with Gasteiger partial charge in [-0.2, -0.15) is 0 Å². The number of carboxylic acids is 1. The Hall–Kier alpha value is -2.14. The predicted octanol–water partition coefficient (Wildman–Crippen LogP) is 2.14. The highest BCUT2D eigenvalue weighted by Crippen LogP contribution is 2.25. The minimum absolute atomic E-state index is 0.210. The standard InChI is InChI=1S/C16H18N2O3/c1-10-9-18(8-7-14(10)19)15-6-5-11-12(16(20)21)3-2-4-13(11)17-15/h2-6,10,14,19H,7-9H2,1H3,(H,20,21). The number of piperidine rings is 1. The largest absolute Gasteiger partial charge is 0.478 e. The SMILES string of the molecule is CC1CN(c2ccc3c(C(=O)O)cccc3n2)CCC1O. The van der Waals surface area contributed by atoms with E-state index in [4.69, 9.17) is 0 Å². The third kappa shape index (κ3) is 2.56. The normalized spacial score (nSPS) is 22.5. The number of rotatable bonds is 2. The van der Waals surface area contributed by atoms with Crippen LogP contribution < -0.4 is 4.90 Å². The first kappa shape index (κ1) is 13.8. The maximum atomic E-state index is 11.2. The summed E-state index contributed by atoms with van der Waals surface area (Å²) in [5, 5.41) is 19.6. The summed E-state index contributed by atoms with van der Waals surface area (Å²) >= 11 is 0. The van der Waals surface area contributed by atoms with Crippen molar-refractivity contribution >= 4 is 22.7 Å². The summed E-state index contributed by atoms with van der Waals surface area (Å²) in [4.78, 5) is 17.9. The van der Waals surface area contributed by atoms with E-state index in [1.807, 2.05) is 25.1 Å². The van der Waals surface area contributed by atoms with Crippen LogP contribution in [0.1, 0.15) is 23.7 Å². The van der Waals surface area contributed by atoms with Gasteiger partial charge in [-0.15, -0.1) is 0 Å². The molecule has 3 rings (SSSR count). The van der Waals surface area contributed by atoms with Gasteiger partial charge in [0.15, 0.2) is 0 Å². The molecule has 0 spiro atoms. The van der Waals surface area contributed by atoms with Crippen LogP contribution in [0.4, 0.5) is 5.82 Å². The van der Waals surface area contributed by atoms with Gasteiger partial charge < -0.3 is 15.1 Å². The molecule has 0 saturated carbocycles. The van der Waals surface area contributed by atoms with Crippen molar-refractivity contribution in [2.75, 3.05) is 18.0 Å². The Kier molecular flexibility index (Phi) is 3.51. The second-order valence-electron chi connectivity index (χ2n) is 5.63. The van der Waals surface area contributed by atoms with Gasteiger partial charge in [0.25, 0.3) is 0 Å². The number of hydrogen-bond acceptors (Lipinski definition) is 4. The van der Waals surface area contributed by atoms with Gasteiger partial charge in [0.05, 0.1) is 17.2 Å². The Morgan fingerprint density at radius 2 is 2.14 bits per heavy atom. The molecule has 2 N–H and O–H groups in total. The lowest BCUT2D eigenvalue weighted by molar-refractivity contribution is 0.0699. The average molecular weight is 286 g/mol. The van der Waals surface area contributed by atoms with Crippen LogP contribution in [0.5, 0.6) is 0 Å². The number of carbonyl (C=O) groups is 1. The Balaban J connectivity index is 1.97. The van der Waals surface area contributed by atoms with Gasteiger partial charge in [-0.3, -0.25) is 0 Å². The van der Waals surface area contributed by atoms with Crippen molar-refractivity contribution in [1.82, 2.24) is 4.98 Å². The van der Waals surface area contributed by atoms with Crippen LogP contribution in [0, 0.1) is 5.92 Å². The highest BCUT2D eigenvalue weighted by molar-refractivity contribution is 6.02. The van der Waals surface area contributed by atoms with E-state index >= 15 is 0 Å². The molecule has 2 atom stereocenters. The number of nitrogens with zero attached hydrogens (tertiary/aromatic N) is 2. The maximum Gasteiger partial charge on any atom is 0.336 e. The lowest BCUT2D eigenvalue weighted by Gasteiger charge is -2.35.